The minimum atomic E-state index is -0.365. The number of rotatable bonds is 2. The molecule has 0 amide bonds. The van der Waals surface area contributed by atoms with Crippen LogP contribution in [0, 0.1) is 0 Å². The van der Waals surface area contributed by atoms with Gasteiger partial charge in [0.1, 0.15) is 11.3 Å². The second-order valence-electron chi connectivity index (χ2n) is 6.62. The van der Waals surface area contributed by atoms with E-state index in [0.717, 1.165) is 44.0 Å². The molecule has 4 aromatic carbocycles. The zero-order chi connectivity index (χ0) is 19.1. The average Bonchev–Trinajstić information content (AvgIpc) is 2.73. The van der Waals surface area contributed by atoms with Crippen LogP contribution < -0.4 is 4.74 Å². The summed E-state index contributed by atoms with van der Waals surface area (Å²) >= 11 is 0. The first kappa shape index (κ1) is 16.4. The summed E-state index contributed by atoms with van der Waals surface area (Å²) in [7, 11) is 0. The molecule has 0 aliphatic rings. The van der Waals surface area contributed by atoms with Crippen molar-refractivity contribution >= 4 is 38.8 Å². The Labute approximate surface area is 161 Å². The number of nitrogens with zero attached hydrogens (tertiary/aromatic N) is 2. The number of carbonyl (C=O) groups excluding carboxylic acids is 1. The molecule has 0 aliphatic carbocycles. The van der Waals surface area contributed by atoms with Crippen LogP contribution in [0.25, 0.3) is 44.0 Å². The molecule has 0 spiro atoms. The van der Waals surface area contributed by atoms with Crippen molar-refractivity contribution in [2.75, 3.05) is 0 Å². The second kappa shape index (κ2) is 6.43. The Morgan fingerprint density at radius 3 is 1.96 bits per heavy atom. The molecule has 0 saturated carbocycles. The third kappa shape index (κ3) is 2.58. The van der Waals surface area contributed by atoms with Gasteiger partial charge in [-0.25, -0.2) is 9.97 Å². The predicted molar refractivity (Wildman–Crippen MR) is 111 cm³/mol. The van der Waals surface area contributed by atoms with E-state index >= 15 is 0 Å². The molecule has 1 heterocycles. The topological polar surface area (TPSA) is 52.1 Å². The molecule has 0 unspecified atom stereocenters. The van der Waals surface area contributed by atoms with Crippen LogP contribution in [0.1, 0.15) is 6.92 Å². The van der Waals surface area contributed by atoms with E-state index < -0.39 is 0 Å². The number of aromatic nitrogens is 2. The zero-order valence-corrected chi connectivity index (χ0v) is 15.2. The largest absolute Gasteiger partial charge is 0.425 e. The normalized spacial score (nSPS) is 11.2. The summed E-state index contributed by atoms with van der Waals surface area (Å²) in [6.45, 7) is 1.42. The molecule has 134 valence electrons. The highest BCUT2D eigenvalue weighted by molar-refractivity contribution is 6.16. The second-order valence-corrected chi connectivity index (χ2v) is 6.62. The molecule has 0 atom stereocenters. The van der Waals surface area contributed by atoms with Crippen LogP contribution in [0.4, 0.5) is 0 Å². The fraction of sp³-hybridized carbons (Fsp3) is 0.0417. The van der Waals surface area contributed by atoms with E-state index in [4.69, 9.17) is 14.7 Å². The van der Waals surface area contributed by atoms with E-state index in [0.29, 0.717) is 5.75 Å². The summed E-state index contributed by atoms with van der Waals surface area (Å²) < 4.78 is 5.73. The van der Waals surface area contributed by atoms with Crippen LogP contribution in [-0.2, 0) is 4.79 Å². The highest BCUT2D eigenvalue weighted by atomic mass is 16.5. The van der Waals surface area contributed by atoms with Crippen molar-refractivity contribution in [1.82, 2.24) is 9.97 Å². The lowest BCUT2D eigenvalue weighted by Crippen LogP contribution is -2.05. The summed E-state index contributed by atoms with van der Waals surface area (Å²) in [6, 6.07) is 25.5. The molecule has 4 heteroatoms. The van der Waals surface area contributed by atoms with E-state index in [1.165, 1.54) is 6.92 Å². The molecule has 4 nitrogen and oxygen atoms in total. The van der Waals surface area contributed by atoms with E-state index in [2.05, 4.69) is 0 Å². The van der Waals surface area contributed by atoms with E-state index in [1.807, 2.05) is 78.9 Å². The maximum absolute atomic E-state index is 11.9. The van der Waals surface area contributed by atoms with Crippen LogP contribution >= 0.6 is 0 Å². The van der Waals surface area contributed by atoms with Gasteiger partial charge < -0.3 is 4.74 Å². The van der Waals surface area contributed by atoms with Crippen LogP contribution in [0.2, 0.25) is 0 Å². The standard InChI is InChI=1S/C24H16N2O2/c1-15(27)28-24-18-12-6-5-11-17(18)22-23(21(24)16-9-3-2-4-10-16)26-20-14-8-7-13-19(20)25-22/h2-14H,1H3. The van der Waals surface area contributed by atoms with Crippen molar-refractivity contribution in [3.8, 4) is 16.9 Å². The van der Waals surface area contributed by atoms with Gasteiger partial charge in [0.2, 0.25) is 0 Å². The Balaban J connectivity index is 2.04. The molecule has 0 bridgehead atoms. The maximum atomic E-state index is 11.9. The predicted octanol–water partition coefficient (Wildman–Crippen LogP) is 5.53. The molecule has 28 heavy (non-hydrogen) atoms. The molecule has 0 radical (unpaired) electrons. The fourth-order valence-corrected chi connectivity index (χ4v) is 3.61. The minimum absolute atomic E-state index is 0.365. The Morgan fingerprint density at radius 2 is 1.29 bits per heavy atom. The molecule has 0 aliphatic heterocycles. The number of ether oxygens (including phenoxy) is 1. The first-order chi connectivity index (χ1) is 13.7. The van der Waals surface area contributed by atoms with Gasteiger partial charge in [-0.3, -0.25) is 4.79 Å². The average molecular weight is 364 g/mol. The van der Waals surface area contributed by atoms with Crippen LogP contribution in [0.5, 0.6) is 5.75 Å². The lowest BCUT2D eigenvalue weighted by atomic mass is 9.96. The Hall–Kier alpha value is -3.79. The number of hydrogen-bond acceptors (Lipinski definition) is 4. The van der Waals surface area contributed by atoms with Crippen molar-refractivity contribution < 1.29 is 9.53 Å². The van der Waals surface area contributed by atoms with Crippen molar-refractivity contribution in [2.45, 2.75) is 6.92 Å². The first-order valence-corrected chi connectivity index (χ1v) is 9.07. The fourth-order valence-electron chi connectivity index (χ4n) is 3.61. The molecule has 5 aromatic rings. The van der Waals surface area contributed by atoms with Crippen LogP contribution in [0.3, 0.4) is 0 Å². The van der Waals surface area contributed by atoms with Crippen molar-refractivity contribution in [3.63, 3.8) is 0 Å². The van der Waals surface area contributed by atoms with Crippen molar-refractivity contribution in [3.05, 3.63) is 78.9 Å². The Bertz CT molecular complexity index is 1360. The highest BCUT2D eigenvalue weighted by Crippen LogP contribution is 2.43. The SMILES string of the molecule is CC(=O)Oc1c(-c2ccccc2)c2nc3ccccc3nc2c2ccccc12. The highest BCUT2D eigenvalue weighted by Gasteiger charge is 2.20. The molecule has 0 fully saturated rings. The lowest BCUT2D eigenvalue weighted by molar-refractivity contribution is -0.131. The number of hydrogen-bond donors (Lipinski definition) is 0. The third-order valence-corrected chi connectivity index (χ3v) is 4.77. The molecule has 1 aromatic heterocycles. The summed E-state index contributed by atoms with van der Waals surface area (Å²) in [5.74, 6) is 0.154. The van der Waals surface area contributed by atoms with Gasteiger partial charge in [-0.1, -0.05) is 66.7 Å². The van der Waals surface area contributed by atoms with Gasteiger partial charge in [0.15, 0.2) is 0 Å². The summed E-state index contributed by atoms with van der Waals surface area (Å²) in [6.07, 6.45) is 0. The third-order valence-electron chi connectivity index (χ3n) is 4.77. The van der Waals surface area contributed by atoms with Gasteiger partial charge >= 0.3 is 5.97 Å². The number of benzene rings is 4. The molecular formula is C24H16N2O2. The number of carbonyl (C=O) groups is 1. The zero-order valence-electron chi connectivity index (χ0n) is 15.2. The number of para-hydroxylation sites is 2. The summed E-state index contributed by atoms with van der Waals surface area (Å²) in [4.78, 5) is 21.8. The van der Waals surface area contributed by atoms with Crippen LogP contribution in [0.15, 0.2) is 78.9 Å². The van der Waals surface area contributed by atoms with Gasteiger partial charge in [0, 0.05) is 17.7 Å². The van der Waals surface area contributed by atoms with Crippen molar-refractivity contribution in [2.24, 2.45) is 0 Å². The Kier molecular flexibility index (Phi) is 3.76. The Morgan fingerprint density at radius 1 is 0.714 bits per heavy atom. The first-order valence-electron chi connectivity index (χ1n) is 9.07. The van der Waals surface area contributed by atoms with Gasteiger partial charge in [-0.15, -0.1) is 0 Å². The molecule has 0 N–H and O–H groups in total. The summed E-state index contributed by atoms with van der Waals surface area (Å²) in [5.41, 5.74) is 4.86. The lowest BCUT2D eigenvalue weighted by Gasteiger charge is -2.16. The molecular weight excluding hydrogens is 348 g/mol. The molecule has 0 saturated heterocycles. The molecule has 5 rings (SSSR count). The van der Waals surface area contributed by atoms with Gasteiger partial charge in [-0.2, -0.15) is 0 Å². The van der Waals surface area contributed by atoms with Gasteiger partial charge in [0.05, 0.1) is 22.1 Å². The number of esters is 1. The monoisotopic (exact) mass is 364 g/mol. The smallest absolute Gasteiger partial charge is 0.308 e. The van der Waals surface area contributed by atoms with Crippen molar-refractivity contribution in [1.29, 1.82) is 0 Å². The van der Waals surface area contributed by atoms with E-state index in [1.54, 1.807) is 0 Å². The number of fused-ring (bicyclic) bond motifs is 4. The maximum Gasteiger partial charge on any atom is 0.308 e. The van der Waals surface area contributed by atoms with E-state index in [9.17, 15) is 4.79 Å². The quantitative estimate of drug-likeness (QED) is 0.179. The minimum Gasteiger partial charge on any atom is -0.425 e. The van der Waals surface area contributed by atoms with E-state index in [-0.39, 0.29) is 5.97 Å². The summed E-state index contributed by atoms with van der Waals surface area (Å²) in [5, 5.41) is 1.75. The van der Waals surface area contributed by atoms with Gasteiger partial charge in [-0.05, 0) is 17.7 Å². The van der Waals surface area contributed by atoms with Gasteiger partial charge in [0.25, 0.3) is 0 Å². The van der Waals surface area contributed by atoms with Crippen LogP contribution in [-0.4, -0.2) is 15.9 Å².